The number of hydrogen-bond acceptors (Lipinski definition) is 4. The topological polar surface area (TPSA) is 44.8 Å². The number of carbonyl (C=O) groups is 1. The fraction of sp³-hybridized carbons (Fsp3) is 0.842. The molecule has 0 rings (SSSR count). The first-order valence-corrected chi connectivity index (χ1v) is 8.78. The van der Waals surface area contributed by atoms with Gasteiger partial charge in [0.15, 0.2) is 6.29 Å². The summed E-state index contributed by atoms with van der Waals surface area (Å²) in [6.07, 6.45) is 14.2. The van der Waals surface area contributed by atoms with Crippen LogP contribution in [0.25, 0.3) is 0 Å². The zero-order valence-electron chi connectivity index (χ0n) is 15.7. The standard InChI is InChI=1S/C19H36O4/c1-19(2,18(22-4)23-5)16-14-12-10-8-6-7-9-11-13-15-17(20)21-3/h14,16,18H,6-13,15H2,1-5H3/b16-14+. The van der Waals surface area contributed by atoms with Crippen molar-refractivity contribution in [3.8, 4) is 0 Å². The Kier molecular flexibility index (Phi) is 13.0. The second-order valence-corrected chi connectivity index (χ2v) is 6.62. The fourth-order valence-corrected chi connectivity index (χ4v) is 2.69. The van der Waals surface area contributed by atoms with E-state index in [1.165, 1.54) is 39.2 Å². The molecule has 0 aliphatic heterocycles. The summed E-state index contributed by atoms with van der Waals surface area (Å²) in [4.78, 5) is 11.0. The highest BCUT2D eigenvalue weighted by Crippen LogP contribution is 2.25. The normalized spacial score (nSPS) is 12.3. The molecule has 0 saturated heterocycles. The summed E-state index contributed by atoms with van der Waals surface area (Å²) in [5, 5.41) is 0. The minimum atomic E-state index is -0.205. The van der Waals surface area contributed by atoms with Crippen molar-refractivity contribution in [1.82, 2.24) is 0 Å². The van der Waals surface area contributed by atoms with Crippen molar-refractivity contribution in [2.75, 3.05) is 21.3 Å². The second-order valence-electron chi connectivity index (χ2n) is 6.62. The second kappa shape index (κ2) is 13.6. The van der Waals surface area contributed by atoms with E-state index in [0.717, 1.165) is 19.3 Å². The van der Waals surface area contributed by atoms with Crippen LogP contribution in [-0.2, 0) is 19.0 Å². The molecule has 0 amide bonds. The number of carbonyl (C=O) groups excluding carboxylic acids is 1. The molecule has 0 atom stereocenters. The Hall–Kier alpha value is -0.870. The summed E-state index contributed by atoms with van der Waals surface area (Å²) in [7, 11) is 4.80. The molecule has 0 radical (unpaired) electrons. The maximum absolute atomic E-state index is 11.0. The Morgan fingerprint density at radius 3 is 1.96 bits per heavy atom. The first-order chi connectivity index (χ1) is 11.0. The van der Waals surface area contributed by atoms with Gasteiger partial charge in [0.25, 0.3) is 0 Å². The Morgan fingerprint density at radius 2 is 1.43 bits per heavy atom. The van der Waals surface area contributed by atoms with Gasteiger partial charge in [0.1, 0.15) is 0 Å². The number of hydrogen-bond donors (Lipinski definition) is 0. The van der Waals surface area contributed by atoms with Crippen LogP contribution in [0.3, 0.4) is 0 Å². The SMILES string of the molecule is COC(=O)CCCCCCCCC/C=C/C(C)(C)C(OC)OC. The van der Waals surface area contributed by atoms with Gasteiger partial charge in [-0.25, -0.2) is 0 Å². The fourth-order valence-electron chi connectivity index (χ4n) is 2.69. The number of unbranched alkanes of at least 4 members (excludes halogenated alkanes) is 7. The van der Waals surface area contributed by atoms with E-state index in [1.54, 1.807) is 14.2 Å². The number of esters is 1. The van der Waals surface area contributed by atoms with Gasteiger partial charge < -0.3 is 14.2 Å². The molecule has 0 aliphatic carbocycles. The highest BCUT2D eigenvalue weighted by atomic mass is 16.7. The van der Waals surface area contributed by atoms with Crippen molar-refractivity contribution < 1.29 is 19.0 Å². The molecule has 0 fully saturated rings. The van der Waals surface area contributed by atoms with E-state index >= 15 is 0 Å². The van der Waals surface area contributed by atoms with Crippen LogP contribution in [0.4, 0.5) is 0 Å². The highest BCUT2D eigenvalue weighted by molar-refractivity contribution is 5.68. The van der Waals surface area contributed by atoms with Crippen LogP contribution in [0.2, 0.25) is 0 Å². The smallest absolute Gasteiger partial charge is 0.305 e. The van der Waals surface area contributed by atoms with E-state index in [4.69, 9.17) is 9.47 Å². The summed E-state index contributed by atoms with van der Waals surface area (Å²) in [6.45, 7) is 4.24. The number of methoxy groups -OCH3 is 3. The number of ether oxygens (including phenoxy) is 3. The molecule has 0 heterocycles. The van der Waals surface area contributed by atoms with Crippen LogP contribution < -0.4 is 0 Å². The number of allylic oxidation sites excluding steroid dienone is 1. The van der Waals surface area contributed by atoms with Crippen LogP contribution in [0.15, 0.2) is 12.2 Å². The summed E-state index contributed by atoms with van der Waals surface area (Å²) < 4.78 is 15.3. The van der Waals surface area contributed by atoms with E-state index in [2.05, 4.69) is 30.7 Å². The molecule has 136 valence electrons. The van der Waals surface area contributed by atoms with Crippen LogP contribution in [0.5, 0.6) is 0 Å². The van der Waals surface area contributed by atoms with E-state index < -0.39 is 0 Å². The molecule has 0 N–H and O–H groups in total. The van der Waals surface area contributed by atoms with Crippen LogP contribution in [0, 0.1) is 5.41 Å². The lowest BCUT2D eigenvalue weighted by molar-refractivity contribution is -0.152. The largest absolute Gasteiger partial charge is 0.469 e. The third kappa shape index (κ3) is 11.3. The molecule has 4 nitrogen and oxygen atoms in total. The summed E-state index contributed by atoms with van der Waals surface area (Å²) in [5.74, 6) is -0.0936. The molecule has 0 aromatic rings. The Labute approximate surface area is 142 Å². The van der Waals surface area contributed by atoms with Crippen molar-refractivity contribution in [3.63, 3.8) is 0 Å². The van der Waals surface area contributed by atoms with Gasteiger partial charge in [0, 0.05) is 26.1 Å². The molecular weight excluding hydrogens is 292 g/mol. The Bertz CT molecular complexity index is 319. The molecule has 4 heteroatoms. The lowest BCUT2D eigenvalue weighted by Crippen LogP contribution is -2.30. The first-order valence-electron chi connectivity index (χ1n) is 8.78. The Morgan fingerprint density at radius 1 is 0.913 bits per heavy atom. The highest BCUT2D eigenvalue weighted by Gasteiger charge is 2.26. The van der Waals surface area contributed by atoms with Gasteiger partial charge in [-0.1, -0.05) is 58.1 Å². The monoisotopic (exact) mass is 328 g/mol. The van der Waals surface area contributed by atoms with E-state index in [9.17, 15) is 4.79 Å². The zero-order valence-corrected chi connectivity index (χ0v) is 15.7. The molecule has 0 spiro atoms. The zero-order chi connectivity index (χ0) is 17.6. The van der Waals surface area contributed by atoms with Crippen molar-refractivity contribution in [2.45, 2.75) is 77.9 Å². The molecule has 0 unspecified atom stereocenters. The van der Waals surface area contributed by atoms with Gasteiger partial charge in [0.2, 0.25) is 0 Å². The van der Waals surface area contributed by atoms with Gasteiger partial charge in [-0.2, -0.15) is 0 Å². The van der Waals surface area contributed by atoms with E-state index in [-0.39, 0.29) is 17.7 Å². The lowest BCUT2D eigenvalue weighted by Gasteiger charge is -2.28. The molecule has 0 aromatic heterocycles. The third-order valence-corrected chi connectivity index (χ3v) is 4.06. The average Bonchev–Trinajstić information content (AvgIpc) is 2.53. The lowest BCUT2D eigenvalue weighted by atomic mass is 9.91. The minimum absolute atomic E-state index is 0.0936. The van der Waals surface area contributed by atoms with Crippen molar-refractivity contribution >= 4 is 5.97 Å². The predicted molar refractivity (Wildman–Crippen MR) is 94.3 cm³/mol. The van der Waals surface area contributed by atoms with Gasteiger partial charge in [0.05, 0.1) is 7.11 Å². The minimum Gasteiger partial charge on any atom is -0.469 e. The van der Waals surface area contributed by atoms with Crippen molar-refractivity contribution in [1.29, 1.82) is 0 Å². The maximum Gasteiger partial charge on any atom is 0.305 e. The van der Waals surface area contributed by atoms with Crippen LogP contribution in [0.1, 0.15) is 71.6 Å². The number of rotatable bonds is 14. The molecule has 0 aromatic carbocycles. The van der Waals surface area contributed by atoms with Gasteiger partial charge in [-0.05, 0) is 19.3 Å². The summed E-state index contributed by atoms with van der Waals surface area (Å²) in [6, 6.07) is 0. The van der Waals surface area contributed by atoms with Crippen molar-refractivity contribution in [3.05, 3.63) is 12.2 Å². The van der Waals surface area contributed by atoms with Crippen molar-refractivity contribution in [2.24, 2.45) is 5.41 Å². The summed E-state index contributed by atoms with van der Waals surface area (Å²) >= 11 is 0. The Balaban J connectivity index is 3.55. The van der Waals surface area contributed by atoms with Gasteiger partial charge >= 0.3 is 5.97 Å². The third-order valence-electron chi connectivity index (χ3n) is 4.06. The quantitative estimate of drug-likeness (QED) is 0.197. The maximum atomic E-state index is 11.0. The van der Waals surface area contributed by atoms with E-state index in [1.807, 2.05) is 0 Å². The van der Waals surface area contributed by atoms with E-state index in [0.29, 0.717) is 6.42 Å². The van der Waals surface area contributed by atoms with Crippen LogP contribution >= 0.6 is 0 Å². The van der Waals surface area contributed by atoms with Gasteiger partial charge in [-0.3, -0.25) is 4.79 Å². The first kappa shape index (κ1) is 22.1. The van der Waals surface area contributed by atoms with Crippen LogP contribution in [-0.4, -0.2) is 33.6 Å². The predicted octanol–water partition coefficient (Wildman–Crippen LogP) is 4.87. The molecular formula is C19H36O4. The molecule has 0 saturated carbocycles. The molecule has 23 heavy (non-hydrogen) atoms. The van der Waals surface area contributed by atoms with Gasteiger partial charge in [-0.15, -0.1) is 0 Å². The molecule has 0 bridgehead atoms. The molecule has 0 aliphatic rings. The average molecular weight is 328 g/mol. The summed E-state index contributed by atoms with van der Waals surface area (Å²) in [5.41, 5.74) is -0.108.